The molecule has 0 spiro atoms. The second kappa shape index (κ2) is 4.44. The molecule has 0 bridgehead atoms. The van der Waals surface area contributed by atoms with Gasteiger partial charge in [0.15, 0.2) is 0 Å². The van der Waals surface area contributed by atoms with Crippen LogP contribution in [0, 0.1) is 0 Å². The van der Waals surface area contributed by atoms with Gasteiger partial charge in [0.25, 0.3) is 0 Å². The molecule has 0 radical (unpaired) electrons. The van der Waals surface area contributed by atoms with Crippen LogP contribution in [-0.4, -0.2) is 12.2 Å². The number of hydrogen-bond acceptors (Lipinski definition) is 3. The summed E-state index contributed by atoms with van der Waals surface area (Å²) in [5.74, 6) is 1.02. The van der Waals surface area contributed by atoms with E-state index in [1.165, 1.54) is 11.1 Å². The topological polar surface area (TPSA) is 30.5 Å². The lowest BCUT2D eigenvalue weighted by Gasteiger charge is -2.16. The van der Waals surface area contributed by atoms with E-state index < -0.39 is 0 Å². The van der Waals surface area contributed by atoms with E-state index in [0.29, 0.717) is 6.61 Å². The fourth-order valence-electron chi connectivity index (χ4n) is 2.01. The van der Waals surface area contributed by atoms with Gasteiger partial charge in [-0.15, -0.1) is 0 Å². The van der Waals surface area contributed by atoms with Crippen molar-refractivity contribution in [2.45, 2.75) is 39.3 Å². The maximum atomic E-state index is 5.82. The third-order valence-corrected chi connectivity index (χ3v) is 2.65. The third-order valence-electron chi connectivity index (χ3n) is 2.65. The highest BCUT2D eigenvalue weighted by atomic mass is 16.6. The largest absolute Gasteiger partial charge is 0.487 e. The SMILES string of the molecule is CCONCc1ccc2c(c1)CC(C)(C)O2. The van der Waals surface area contributed by atoms with Crippen LogP contribution >= 0.6 is 0 Å². The Balaban J connectivity index is 2.04. The average Bonchev–Trinajstić information content (AvgIpc) is 2.51. The van der Waals surface area contributed by atoms with Gasteiger partial charge in [-0.25, -0.2) is 0 Å². The van der Waals surface area contributed by atoms with Crippen molar-refractivity contribution in [2.75, 3.05) is 6.61 Å². The third kappa shape index (κ3) is 2.54. The average molecular weight is 221 g/mol. The number of hydroxylamine groups is 1. The second-order valence-electron chi connectivity index (χ2n) is 4.73. The van der Waals surface area contributed by atoms with Crippen molar-refractivity contribution in [3.05, 3.63) is 29.3 Å². The number of ether oxygens (including phenoxy) is 1. The predicted octanol–water partition coefficient (Wildman–Crippen LogP) is 2.44. The molecule has 0 saturated carbocycles. The summed E-state index contributed by atoms with van der Waals surface area (Å²) in [6.45, 7) is 7.62. The Hall–Kier alpha value is -1.06. The Bertz CT molecular complexity index is 374. The highest BCUT2D eigenvalue weighted by Crippen LogP contribution is 2.35. The van der Waals surface area contributed by atoms with Crippen molar-refractivity contribution >= 4 is 0 Å². The van der Waals surface area contributed by atoms with Crippen LogP contribution in [0.5, 0.6) is 5.75 Å². The summed E-state index contributed by atoms with van der Waals surface area (Å²) in [6, 6.07) is 6.31. The van der Waals surface area contributed by atoms with Gasteiger partial charge in [0, 0.05) is 13.0 Å². The van der Waals surface area contributed by atoms with Crippen molar-refractivity contribution in [3.8, 4) is 5.75 Å². The van der Waals surface area contributed by atoms with Gasteiger partial charge in [-0.3, -0.25) is 0 Å². The van der Waals surface area contributed by atoms with Crippen LogP contribution in [0.2, 0.25) is 0 Å². The monoisotopic (exact) mass is 221 g/mol. The maximum Gasteiger partial charge on any atom is 0.123 e. The van der Waals surface area contributed by atoms with Gasteiger partial charge < -0.3 is 9.57 Å². The normalized spacial score (nSPS) is 16.9. The van der Waals surface area contributed by atoms with E-state index in [0.717, 1.165) is 18.7 Å². The zero-order chi connectivity index (χ0) is 11.6. The molecule has 1 aliphatic rings. The molecular weight excluding hydrogens is 202 g/mol. The number of hydrogen-bond donors (Lipinski definition) is 1. The van der Waals surface area contributed by atoms with Crippen LogP contribution in [0.4, 0.5) is 0 Å². The number of benzene rings is 1. The molecule has 0 unspecified atom stereocenters. The molecule has 0 fully saturated rings. The minimum Gasteiger partial charge on any atom is -0.487 e. The molecule has 0 aromatic heterocycles. The summed E-state index contributed by atoms with van der Waals surface area (Å²) >= 11 is 0. The van der Waals surface area contributed by atoms with Gasteiger partial charge in [0.05, 0.1) is 6.61 Å². The standard InChI is InChI=1S/C13H19NO2/c1-4-15-14-9-10-5-6-12-11(7-10)8-13(2,3)16-12/h5-7,14H,4,8-9H2,1-3H3. The summed E-state index contributed by atoms with van der Waals surface area (Å²) in [5.41, 5.74) is 5.38. The molecule has 1 heterocycles. The zero-order valence-corrected chi connectivity index (χ0v) is 10.2. The van der Waals surface area contributed by atoms with E-state index in [1.54, 1.807) is 0 Å². The zero-order valence-electron chi connectivity index (χ0n) is 10.2. The Morgan fingerprint density at radius 3 is 3.00 bits per heavy atom. The fraction of sp³-hybridized carbons (Fsp3) is 0.538. The van der Waals surface area contributed by atoms with E-state index in [9.17, 15) is 0 Å². The van der Waals surface area contributed by atoms with E-state index in [1.807, 2.05) is 13.0 Å². The molecule has 88 valence electrons. The molecule has 1 aliphatic heterocycles. The van der Waals surface area contributed by atoms with E-state index in [4.69, 9.17) is 9.57 Å². The van der Waals surface area contributed by atoms with Crippen LogP contribution in [-0.2, 0) is 17.8 Å². The van der Waals surface area contributed by atoms with Crippen molar-refractivity contribution in [3.63, 3.8) is 0 Å². The minimum absolute atomic E-state index is 0.0612. The number of nitrogens with one attached hydrogen (secondary N) is 1. The van der Waals surface area contributed by atoms with E-state index in [-0.39, 0.29) is 5.60 Å². The minimum atomic E-state index is -0.0612. The Labute approximate surface area is 96.7 Å². The van der Waals surface area contributed by atoms with Crippen molar-refractivity contribution in [2.24, 2.45) is 0 Å². The number of fused-ring (bicyclic) bond motifs is 1. The highest BCUT2D eigenvalue weighted by Gasteiger charge is 2.29. The summed E-state index contributed by atoms with van der Waals surface area (Å²) in [5, 5.41) is 0. The fourth-order valence-corrected chi connectivity index (χ4v) is 2.01. The van der Waals surface area contributed by atoms with Gasteiger partial charge in [-0.2, -0.15) is 5.48 Å². The van der Waals surface area contributed by atoms with Crippen LogP contribution in [0.3, 0.4) is 0 Å². The van der Waals surface area contributed by atoms with Gasteiger partial charge in [-0.1, -0.05) is 12.1 Å². The Kier molecular flexibility index (Phi) is 3.17. The molecule has 0 saturated heterocycles. The second-order valence-corrected chi connectivity index (χ2v) is 4.73. The molecule has 16 heavy (non-hydrogen) atoms. The molecular formula is C13H19NO2. The molecule has 1 aromatic carbocycles. The van der Waals surface area contributed by atoms with E-state index in [2.05, 4.69) is 31.5 Å². The lowest BCUT2D eigenvalue weighted by molar-refractivity contribution is 0.0463. The first-order valence-corrected chi connectivity index (χ1v) is 5.76. The van der Waals surface area contributed by atoms with Crippen molar-refractivity contribution in [1.82, 2.24) is 5.48 Å². The molecule has 3 nitrogen and oxygen atoms in total. The molecule has 1 aromatic rings. The highest BCUT2D eigenvalue weighted by molar-refractivity contribution is 5.41. The molecule has 0 aliphatic carbocycles. The van der Waals surface area contributed by atoms with Crippen LogP contribution in [0.15, 0.2) is 18.2 Å². The van der Waals surface area contributed by atoms with Gasteiger partial charge in [0.2, 0.25) is 0 Å². The van der Waals surface area contributed by atoms with Crippen molar-refractivity contribution < 1.29 is 9.57 Å². The molecule has 0 amide bonds. The van der Waals surface area contributed by atoms with E-state index >= 15 is 0 Å². The Morgan fingerprint density at radius 1 is 1.44 bits per heavy atom. The van der Waals surface area contributed by atoms with Crippen LogP contribution < -0.4 is 10.2 Å². The quantitative estimate of drug-likeness (QED) is 0.625. The first kappa shape index (κ1) is 11.4. The van der Waals surface area contributed by atoms with Crippen molar-refractivity contribution in [1.29, 1.82) is 0 Å². The molecule has 3 heteroatoms. The first-order valence-electron chi connectivity index (χ1n) is 5.76. The predicted molar refractivity (Wildman–Crippen MR) is 63.3 cm³/mol. The summed E-state index contributed by atoms with van der Waals surface area (Å²) in [4.78, 5) is 5.12. The van der Waals surface area contributed by atoms with Crippen LogP contribution in [0.25, 0.3) is 0 Å². The molecule has 1 N–H and O–H groups in total. The van der Waals surface area contributed by atoms with Gasteiger partial charge >= 0.3 is 0 Å². The van der Waals surface area contributed by atoms with Crippen LogP contribution in [0.1, 0.15) is 31.9 Å². The lowest BCUT2D eigenvalue weighted by Crippen LogP contribution is -2.24. The summed E-state index contributed by atoms with van der Waals surface area (Å²) < 4.78 is 5.82. The summed E-state index contributed by atoms with van der Waals surface area (Å²) in [7, 11) is 0. The maximum absolute atomic E-state index is 5.82. The summed E-state index contributed by atoms with van der Waals surface area (Å²) in [6.07, 6.45) is 0.977. The first-order chi connectivity index (χ1) is 7.61. The smallest absolute Gasteiger partial charge is 0.123 e. The van der Waals surface area contributed by atoms with Gasteiger partial charge in [0.1, 0.15) is 11.4 Å². The lowest BCUT2D eigenvalue weighted by atomic mass is 10.0. The molecule has 0 atom stereocenters. The van der Waals surface area contributed by atoms with Gasteiger partial charge in [-0.05, 0) is 38.0 Å². The molecule has 2 rings (SSSR count). The number of rotatable bonds is 4. The Morgan fingerprint density at radius 2 is 2.25 bits per heavy atom.